The Bertz CT molecular complexity index is 1420. The molecule has 49 heavy (non-hydrogen) atoms. The quantitative estimate of drug-likeness (QED) is 0.182. The molecule has 0 bridgehead atoms. The van der Waals surface area contributed by atoms with Gasteiger partial charge in [-0.2, -0.15) is 0 Å². The normalized spacial score (nSPS) is 41.4. The summed E-state index contributed by atoms with van der Waals surface area (Å²) in [6.07, 6.45) is 9.68. The van der Waals surface area contributed by atoms with Crippen LogP contribution in [0.4, 0.5) is 0 Å². The molecule has 1 aliphatic heterocycles. The molecular weight excluding hydrogens is 616 g/mol. The van der Waals surface area contributed by atoms with Gasteiger partial charge in [0.2, 0.25) is 5.91 Å². The van der Waals surface area contributed by atoms with Gasteiger partial charge in [-0.05, 0) is 124 Å². The average molecular weight is 681 g/mol. The summed E-state index contributed by atoms with van der Waals surface area (Å²) >= 11 is 0. The maximum atomic E-state index is 14.4. The number of carbonyl (C=O) groups is 4. The fourth-order valence-electron chi connectivity index (χ4n) is 12.9. The molecular formula is C41H64N2O6. The van der Waals surface area contributed by atoms with Crippen molar-refractivity contribution in [2.45, 2.75) is 152 Å². The van der Waals surface area contributed by atoms with E-state index >= 15 is 0 Å². The van der Waals surface area contributed by atoms with Crippen LogP contribution in [0.3, 0.4) is 0 Å². The number of nitrogens with one attached hydrogen (secondary N) is 2. The molecule has 274 valence electrons. The van der Waals surface area contributed by atoms with Crippen molar-refractivity contribution >= 4 is 23.6 Å². The maximum absolute atomic E-state index is 14.4. The van der Waals surface area contributed by atoms with Gasteiger partial charge in [-0.1, -0.05) is 54.0 Å². The third-order valence-electron chi connectivity index (χ3n) is 15.8. The Morgan fingerprint density at radius 2 is 1.69 bits per heavy atom. The lowest BCUT2D eigenvalue weighted by Crippen LogP contribution is -2.64. The Morgan fingerprint density at radius 1 is 0.980 bits per heavy atom. The van der Waals surface area contributed by atoms with E-state index in [1.54, 1.807) is 13.8 Å². The molecule has 4 saturated carbocycles. The van der Waals surface area contributed by atoms with Gasteiger partial charge in [-0.15, -0.1) is 0 Å². The summed E-state index contributed by atoms with van der Waals surface area (Å²) in [6, 6.07) is 0.313. The van der Waals surface area contributed by atoms with Crippen molar-refractivity contribution in [1.29, 1.82) is 0 Å². The number of carbonyl (C=O) groups excluding carboxylic acids is 3. The maximum Gasteiger partial charge on any atom is 0.309 e. The monoisotopic (exact) mass is 680 g/mol. The van der Waals surface area contributed by atoms with Gasteiger partial charge in [-0.3, -0.25) is 19.2 Å². The molecule has 1 saturated heterocycles. The van der Waals surface area contributed by atoms with E-state index in [1.807, 2.05) is 0 Å². The van der Waals surface area contributed by atoms with Crippen LogP contribution in [-0.2, 0) is 23.9 Å². The first kappa shape index (κ1) is 36.6. The van der Waals surface area contributed by atoms with Crippen molar-refractivity contribution in [3.63, 3.8) is 0 Å². The summed E-state index contributed by atoms with van der Waals surface area (Å²) in [5, 5.41) is 16.4. The fraction of sp³-hybridized carbons (Fsp3) is 0.854. The number of hydrogen-bond acceptors (Lipinski definition) is 6. The molecule has 8 nitrogen and oxygen atoms in total. The summed E-state index contributed by atoms with van der Waals surface area (Å²) in [4.78, 5) is 53.0. The van der Waals surface area contributed by atoms with Crippen LogP contribution in [0.2, 0.25) is 0 Å². The summed E-state index contributed by atoms with van der Waals surface area (Å²) in [6.45, 7) is 21.2. The molecule has 0 aromatic heterocycles. The minimum Gasteiger partial charge on any atom is -0.481 e. The molecule has 3 unspecified atom stereocenters. The van der Waals surface area contributed by atoms with Gasteiger partial charge in [0.05, 0.1) is 17.3 Å². The zero-order valence-corrected chi connectivity index (χ0v) is 31.9. The van der Waals surface area contributed by atoms with Crippen LogP contribution in [0, 0.1) is 56.2 Å². The van der Waals surface area contributed by atoms with Crippen molar-refractivity contribution < 1.29 is 29.0 Å². The minimum atomic E-state index is -1.16. The lowest BCUT2D eigenvalue weighted by atomic mass is 9.34. The Hall–Kier alpha value is -2.22. The molecule has 8 heteroatoms. The topological polar surface area (TPSA) is 122 Å². The molecule has 6 aliphatic rings. The van der Waals surface area contributed by atoms with Crippen molar-refractivity contribution in [3.8, 4) is 0 Å². The number of carboxylic acids is 1. The van der Waals surface area contributed by atoms with E-state index in [0.717, 1.165) is 70.8 Å². The molecule has 3 N–H and O–H groups in total. The lowest BCUT2D eigenvalue weighted by Gasteiger charge is -2.70. The lowest BCUT2D eigenvalue weighted by molar-refractivity contribution is -0.214. The number of allylic oxidation sites excluding steroid dienone is 1. The standard InChI is InChI=1S/C41H64N2O6/c1-24(2)32-27(44)21-41(34(46)43-23-25-11-10-20-42-25)19-18-39(8)26(33(32)41)12-13-29-38(7)16-15-30(49-31(45)22-36(3,4)35(47)48)37(5,6)28(38)14-17-40(29,39)9/h24-25,28-30,32,42H,10-23H2,1-9H3,(H,43,46)(H,47,48)/t25-,28?,29?,30-,32?,38-,39+,40+,41+/m0/s1. The highest BCUT2D eigenvalue weighted by atomic mass is 16.5. The van der Waals surface area contributed by atoms with Gasteiger partial charge < -0.3 is 20.5 Å². The zero-order chi connectivity index (χ0) is 35.9. The fourth-order valence-corrected chi connectivity index (χ4v) is 12.9. The Balaban J connectivity index is 1.30. The minimum absolute atomic E-state index is 0.0213. The van der Waals surface area contributed by atoms with E-state index in [9.17, 15) is 24.3 Å². The van der Waals surface area contributed by atoms with Crippen LogP contribution >= 0.6 is 0 Å². The van der Waals surface area contributed by atoms with E-state index in [2.05, 4.69) is 59.1 Å². The van der Waals surface area contributed by atoms with Crippen molar-refractivity contribution in [3.05, 3.63) is 11.1 Å². The zero-order valence-electron chi connectivity index (χ0n) is 31.9. The number of rotatable bonds is 8. The molecule has 9 atom stereocenters. The van der Waals surface area contributed by atoms with E-state index in [1.165, 1.54) is 11.1 Å². The predicted molar refractivity (Wildman–Crippen MR) is 189 cm³/mol. The molecule has 0 aromatic carbocycles. The second-order valence-electron chi connectivity index (χ2n) is 19.5. The number of amides is 1. The van der Waals surface area contributed by atoms with Gasteiger partial charge >= 0.3 is 11.9 Å². The van der Waals surface area contributed by atoms with E-state index in [0.29, 0.717) is 30.8 Å². The third kappa shape index (κ3) is 5.46. The first-order valence-corrected chi connectivity index (χ1v) is 19.5. The van der Waals surface area contributed by atoms with Gasteiger partial charge in [0.1, 0.15) is 11.9 Å². The van der Waals surface area contributed by atoms with Crippen LogP contribution in [0.25, 0.3) is 0 Å². The molecule has 1 amide bonds. The molecule has 0 spiro atoms. The SMILES string of the molecule is CC(C)C1C(=O)C[C@]2(C(=O)NC[C@@H]3CCCN3)CC[C@]3(C)C(=C12)CCC1[C@@]2(C)CC[C@H](OC(=O)CC(C)(C)C(=O)O)C(C)(C)C2CC[C@]13C. The second kappa shape index (κ2) is 12.2. The highest BCUT2D eigenvalue weighted by Gasteiger charge is 2.69. The highest BCUT2D eigenvalue weighted by molar-refractivity contribution is 6.00. The summed E-state index contributed by atoms with van der Waals surface area (Å²) < 4.78 is 6.15. The smallest absolute Gasteiger partial charge is 0.309 e. The molecule has 5 aliphatic carbocycles. The first-order chi connectivity index (χ1) is 22.7. The van der Waals surface area contributed by atoms with Gasteiger partial charge in [0.25, 0.3) is 0 Å². The number of esters is 1. The highest BCUT2D eigenvalue weighted by Crippen LogP contribution is 2.76. The Kier molecular flexibility index (Phi) is 9.10. The molecule has 1 heterocycles. The molecule has 0 aromatic rings. The molecule has 5 fully saturated rings. The van der Waals surface area contributed by atoms with E-state index in [4.69, 9.17) is 4.74 Å². The largest absolute Gasteiger partial charge is 0.481 e. The van der Waals surface area contributed by atoms with Crippen LogP contribution in [0.15, 0.2) is 11.1 Å². The summed E-state index contributed by atoms with van der Waals surface area (Å²) in [5.74, 6) is -0.281. The number of fused-ring (bicyclic) bond motifs is 6. The third-order valence-corrected chi connectivity index (χ3v) is 15.8. The van der Waals surface area contributed by atoms with Crippen molar-refractivity contribution in [2.75, 3.05) is 13.1 Å². The van der Waals surface area contributed by atoms with Crippen LogP contribution in [0.1, 0.15) is 139 Å². The number of Topliss-reactive ketones (excluding diaryl/α,β-unsaturated/α-hetero) is 1. The van der Waals surface area contributed by atoms with Gasteiger partial charge in [0.15, 0.2) is 0 Å². The van der Waals surface area contributed by atoms with Crippen LogP contribution < -0.4 is 10.6 Å². The molecule has 6 rings (SSSR count). The first-order valence-electron chi connectivity index (χ1n) is 19.5. The van der Waals surface area contributed by atoms with Gasteiger partial charge in [-0.25, -0.2) is 0 Å². The van der Waals surface area contributed by atoms with Gasteiger partial charge in [0, 0.05) is 30.3 Å². The second-order valence-corrected chi connectivity index (χ2v) is 19.5. The van der Waals surface area contributed by atoms with Crippen LogP contribution in [0.5, 0.6) is 0 Å². The summed E-state index contributed by atoms with van der Waals surface area (Å²) in [5.41, 5.74) is 0.491. The average Bonchev–Trinajstić information content (AvgIpc) is 3.63. The predicted octanol–water partition coefficient (Wildman–Crippen LogP) is 7.25. The number of aliphatic carboxylic acids is 1. The van der Waals surface area contributed by atoms with E-state index in [-0.39, 0.29) is 57.7 Å². The van der Waals surface area contributed by atoms with E-state index < -0.39 is 22.8 Å². The number of ketones is 1. The van der Waals surface area contributed by atoms with Crippen molar-refractivity contribution in [2.24, 2.45) is 56.2 Å². The van der Waals surface area contributed by atoms with Crippen molar-refractivity contribution in [1.82, 2.24) is 10.6 Å². The Morgan fingerprint density at radius 3 is 2.33 bits per heavy atom. The van der Waals surface area contributed by atoms with Crippen LogP contribution in [-0.4, -0.2) is 54.0 Å². The Labute approximate surface area is 294 Å². The number of carboxylic acid groups (broad SMARTS) is 1. The number of ether oxygens (including phenoxy) is 1. The molecule has 0 radical (unpaired) electrons. The summed E-state index contributed by atoms with van der Waals surface area (Å²) in [7, 11) is 0. The number of hydrogen-bond donors (Lipinski definition) is 3.